The fourth-order valence-electron chi connectivity index (χ4n) is 2.75. The molecular weight excluding hydrogens is 403 g/mol. The number of nitrogens with zero attached hydrogens (tertiary/aromatic N) is 2. The number of thiazole rings is 1. The minimum Gasteiger partial charge on any atom is -0.344 e. The quantitative estimate of drug-likeness (QED) is 0.402. The maximum absolute atomic E-state index is 12.6. The number of carbonyl (C=O) groups excluding carboxylic acids is 1. The third kappa shape index (κ3) is 4.06. The number of benzene rings is 1. The number of anilines is 2. The Morgan fingerprint density at radius 2 is 1.86 bits per heavy atom. The molecule has 29 heavy (non-hydrogen) atoms. The molecule has 6 nitrogen and oxygen atoms in total. The Bertz CT molecular complexity index is 1180. The molecule has 0 atom stereocenters. The van der Waals surface area contributed by atoms with Crippen LogP contribution in [0.1, 0.15) is 10.6 Å². The van der Waals surface area contributed by atoms with Crippen LogP contribution < -0.4 is 10.6 Å². The van der Waals surface area contributed by atoms with Crippen molar-refractivity contribution in [3.63, 3.8) is 0 Å². The van der Waals surface area contributed by atoms with Gasteiger partial charge in [0.05, 0.1) is 26.8 Å². The van der Waals surface area contributed by atoms with Gasteiger partial charge in [0.1, 0.15) is 5.65 Å². The van der Waals surface area contributed by atoms with Crippen LogP contribution in [0.4, 0.5) is 29.3 Å². The number of amides is 2. The molecule has 10 heteroatoms. The van der Waals surface area contributed by atoms with Crippen LogP contribution in [0.15, 0.2) is 48.8 Å². The first-order valence-electron chi connectivity index (χ1n) is 8.46. The number of hydrogen-bond donors (Lipinski definition) is 3. The second-order valence-electron chi connectivity index (χ2n) is 6.19. The number of aromatic nitrogens is 3. The molecule has 2 amide bonds. The molecule has 1 aromatic carbocycles. The highest BCUT2D eigenvalue weighted by Gasteiger charge is 2.30. The van der Waals surface area contributed by atoms with E-state index in [-0.39, 0.29) is 5.69 Å². The van der Waals surface area contributed by atoms with Crippen LogP contribution in [0.25, 0.3) is 21.6 Å². The van der Waals surface area contributed by atoms with Crippen molar-refractivity contribution in [2.24, 2.45) is 0 Å². The van der Waals surface area contributed by atoms with Crippen molar-refractivity contribution in [3.8, 4) is 10.6 Å². The van der Waals surface area contributed by atoms with E-state index >= 15 is 0 Å². The van der Waals surface area contributed by atoms with Gasteiger partial charge >= 0.3 is 12.2 Å². The van der Waals surface area contributed by atoms with Crippen LogP contribution in [-0.2, 0) is 6.18 Å². The summed E-state index contributed by atoms with van der Waals surface area (Å²) in [4.78, 5) is 24.9. The first-order chi connectivity index (χ1) is 13.8. The van der Waals surface area contributed by atoms with E-state index in [9.17, 15) is 18.0 Å². The molecule has 0 radical (unpaired) electrons. The van der Waals surface area contributed by atoms with E-state index in [1.807, 2.05) is 19.1 Å². The van der Waals surface area contributed by atoms with Crippen LogP contribution in [0.2, 0.25) is 0 Å². The number of aromatic amines is 1. The lowest BCUT2D eigenvalue weighted by Crippen LogP contribution is -2.19. The number of alkyl halides is 3. The topological polar surface area (TPSA) is 82.7 Å². The predicted molar refractivity (Wildman–Crippen MR) is 106 cm³/mol. The third-order valence-electron chi connectivity index (χ3n) is 4.13. The summed E-state index contributed by atoms with van der Waals surface area (Å²) in [6, 6.07) is 7.30. The zero-order chi connectivity index (χ0) is 20.6. The highest BCUT2D eigenvalue weighted by atomic mass is 32.1. The summed E-state index contributed by atoms with van der Waals surface area (Å²) in [7, 11) is 0. The number of halogens is 3. The van der Waals surface area contributed by atoms with Crippen molar-refractivity contribution in [1.82, 2.24) is 15.0 Å². The molecule has 0 bridgehead atoms. The number of pyridine rings is 1. The van der Waals surface area contributed by atoms with Gasteiger partial charge in [0.15, 0.2) is 0 Å². The summed E-state index contributed by atoms with van der Waals surface area (Å²) in [6.45, 7) is 1.92. The van der Waals surface area contributed by atoms with Crippen molar-refractivity contribution >= 4 is 39.8 Å². The van der Waals surface area contributed by atoms with Crippen LogP contribution >= 0.6 is 11.3 Å². The monoisotopic (exact) mass is 417 g/mol. The van der Waals surface area contributed by atoms with Crippen molar-refractivity contribution in [1.29, 1.82) is 0 Å². The van der Waals surface area contributed by atoms with E-state index in [4.69, 9.17) is 0 Å². The number of hydrogen-bond acceptors (Lipinski definition) is 4. The highest BCUT2D eigenvalue weighted by molar-refractivity contribution is 7.15. The molecule has 0 unspecified atom stereocenters. The number of carbonyl (C=O) groups is 1. The Balaban J connectivity index is 1.48. The summed E-state index contributed by atoms with van der Waals surface area (Å²) in [5, 5.41) is 6.82. The average Bonchev–Trinajstić information content (AvgIpc) is 3.27. The van der Waals surface area contributed by atoms with Gasteiger partial charge in [-0.3, -0.25) is 0 Å². The van der Waals surface area contributed by atoms with Gasteiger partial charge in [-0.1, -0.05) is 0 Å². The predicted octanol–water partition coefficient (Wildman–Crippen LogP) is 5.66. The smallest absolute Gasteiger partial charge is 0.344 e. The lowest BCUT2D eigenvalue weighted by atomic mass is 10.2. The molecule has 3 aromatic heterocycles. The van der Waals surface area contributed by atoms with Gasteiger partial charge in [0, 0.05) is 23.5 Å². The molecule has 0 saturated heterocycles. The van der Waals surface area contributed by atoms with Crippen molar-refractivity contribution in [2.45, 2.75) is 13.1 Å². The third-order valence-corrected chi connectivity index (χ3v) is 5.07. The maximum atomic E-state index is 12.6. The van der Waals surface area contributed by atoms with Crippen LogP contribution in [-0.4, -0.2) is 21.0 Å². The Morgan fingerprint density at radius 1 is 1.10 bits per heavy atom. The first-order valence-corrected chi connectivity index (χ1v) is 9.27. The number of urea groups is 1. The Hall–Kier alpha value is -3.40. The number of nitrogens with one attached hydrogen (secondary N) is 3. The largest absolute Gasteiger partial charge is 0.416 e. The molecule has 0 spiro atoms. The van der Waals surface area contributed by atoms with Gasteiger partial charge < -0.3 is 15.6 Å². The zero-order valence-electron chi connectivity index (χ0n) is 15.0. The molecular formula is C19H14F3N5OS. The normalized spacial score (nSPS) is 11.6. The molecule has 4 rings (SSSR count). The minimum absolute atomic E-state index is 0.247. The summed E-state index contributed by atoms with van der Waals surface area (Å²) in [5.74, 6) is 0. The van der Waals surface area contributed by atoms with Crippen LogP contribution in [0.3, 0.4) is 0 Å². The SMILES string of the molecule is Cc1ncc(-c2ccc3c(NC(=O)Nc4ccc(C(F)(F)F)cc4)c[nH]c3n2)s1. The van der Waals surface area contributed by atoms with E-state index in [1.54, 1.807) is 12.4 Å². The highest BCUT2D eigenvalue weighted by Crippen LogP contribution is 2.30. The Labute approximate surface area is 166 Å². The molecule has 148 valence electrons. The second-order valence-corrected chi connectivity index (χ2v) is 7.43. The molecule has 0 aliphatic heterocycles. The van der Waals surface area contributed by atoms with Gasteiger partial charge in [0.2, 0.25) is 0 Å². The zero-order valence-corrected chi connectivity index (χ0v) is 15.8. The van der Waals surface area contributed by atoms with Gasteiger partial charge in [0.25, 0.3) is 0 Å². The van der Waals surface area contributed by atoms with E-state index in [0.29, 0.717) is 16.7 Å². The Morgan fingerprint density at radius 3 is 2.52 bits per heavy atom. The van der Waals surface area contributed by atoms with Gasteiger partial charge in [-0.05, 0) is 43.3 Å². The molecule has 4 aromatic rings. The summed E-state index contributed by atoms with van der Waals surface area (Å²) < 4.78 is 37.8. The fraction of sp³-hybridized carbons (Fsp3) is 0.105. The maximum Gasteiger partial charge on any atom is 0.416 e. The first kappa shape index (κ1) is 18.9. The van der Waals surface area contributed by atoms with E-state index in [0.717, 1.165) is 27.7 Å². The fourth-order valence-corrected chi connectivity index (χ4v) is 3.50. The van der Waals surface area contributed by atoms with Crippen molar-refractivity contribution < 1.29 is 18.0 Å². The standard InChI is InChI=1S/C19H14F3N5OS/c1-10-23-9-16(29-10)14-7-6-13-15(8-24-17(13)26-14)27-18(28)25-12-4-2-11(3-5-12)19(20,21)22/h2-9H,1H3,(H,24,26)(H2,25,27,28). The van der Waals surface area contributed by atoms with Crippen molar-refractivity contribution in [2.75, 3.05) is 10.6 Å². The van der Waals surface area contributed by atoms with Crippen LogP contribution in [0, 0.1) is 6.92 Å². The van der Waals surface area contributed by atoms with E-state index in [2.05, 4.69) is 25.6 Å². The Kier molecular flexibility index (Phi) is 4.71. The molecule has 0 aliphatic rings. The number of aryl methyl sites for hydroxylation is 1. The average molecular weight is 417 g/mol. The van der Waals surface area contributed by atoms with Crippen LogP contribution in [0.5, 0.6) is 0 Å². The molecule has 0 saturated carbocycles. The van der Waals surface area contributed by atoms with Gasteiger partial charge in [-0.25, -0.2) is 14.8 Å². The molecule has 0 aliphatic carbocycles. The molecule has 0 fully saturated rings. The summed E-state index contributed by atoms with van der Waals surface area (Å²) >= 11 is 1.53. The molecule has 3 N–H and O–H groups in total. The lowest BCUT2D eigenvalue weighted by Gasteiger charge is -2.09. The second kappa shape index (κ2) is 7.21. The number of H-pyrrole nitrogens is 1. The minimum atomic E-state index is -4.42. The lowest BCUT2D eigenvalue weighted by molar-refractivity contribution is -0.137. The van der Waals surface area contributed by atoms with Gasteiger partial charge in [-0.2, -0.15) is 13.2 Å². The number of rotatable bonds is 3. The van der Waals surface area contributed by atoms with E-state index < -0.39 is 17.8 Å². The van der Waals surface area contributed by atoms with Gasteiger partial charge in [-0.15, -0.1) is 11.3 Å². The van der Waals surface area contributed by atoms with E-state index in [1.165, 1.54) is 23.5 Å². The molecule has 3 heterocycles. The summed E-state index contributed by atoms with van der Waals surface area (Å²) in [6.07, 6.45) is -1.06. The number of fused-ring (bicyclic) bond motifs is 1. The summed E-state index contributed by atoms with van der Waals surface area (Å²) in [5.41, 5.74) is 1.34. The van der Waals surface area contributed by atoms with Crippen molar-refractivity contribution in [3.05, 3.63) is 59.4 Å².